The summed E-state index contributed by atoms with van der Waals surface area (Å²) in [4.78, 5) is 2.38. The SMILES string of the molecule is OCC1CC(O)CC(c2ccc(-c3ccc(C4C(CCCC(O)c5ccc(F)cc5)CCN4c4ccccc4)c(O)c3)cc2)O1. The molecule has 0 aliphatic carbocycles. The Morgan fingerprint density at radius 1 is 0.889 bits per heavy atom. The van der Waals surface area contributed by atoms with Gasteiger partial charge >= 0.3 is 0 Å². The first-order chi connectivity index (χ1) is 21.9. The summed E-state index contributed by atoms with van der Waals surface area (Å²) >= 11 is 0. The number of phenolic OH excluding ortho intramolecular Hbond substituents is 1. The van der Waals surface area contributed by atoms with Gasteiger partial charge in [0.25, 0.3) is 0 Å². The van der Waals surface area contributed by atoms with Gasteiger partial charge in [0.2, 0.25) is 0 Å². The number of aromatic hydroxyl groups is 1. The van der Waals surface area contributed by atoms with Gasteiger partial charge in [-0.15, -0.1) is 0 Å². The molecule has 2 saturated heterocycles. The van der Waals surface area contributed by atoms with Crippen molar-refractivity contribution in [2.45, 2.75) is 69.0 Å². The number of nitrogens with zero attached hydrogens (tertiary/aromatic N) is 1. The lowest BCUT2D eigenvalue weighted by molar-refractivity contribution is -0.113. The van der Waals surface area contributed by atoms with Crippen LogP contribution in [0.3, 0.4) is 0 Å². The Balaban J connectivity index is 1.19. The second-order valence-electron chi connectivity index (χ2n) is 12.5. The van der Waals surface area contributed by atoms with Crippen molar-refractivity contribution in [3.63, 3.8) is 0 Å². The van der Waals surface area contributed by atoms with Gasteiger partial charge in [-0.1, -0.05) is 73.2 Å². The van der Waals surface area contributed by atoms with Crippen LogP contribution in [0.25, 0.3) is 11.1 Å². The Labute approximate surface area is 264 Å². The van der Waals surface area contributed by atoms with E-state index in [4.69, 9.17) is 4.74 Å². The van der Waals surface area contributed by atoms with Gasteiger partial charge in [-0.25, -0.2) is 4.39 Å². The molecule has 7 heteroatoms. The van der Waals surface area contributed by atoms with Crippen LogP contribution in [-0.2, 0) is 4.74 Å². The summed E-state index contributed by atoms with van der Waals surface area (Å²) in [7, 11) is 0. The topological polar surface area (TPSA) is 93.4 Å². The minimum Gasteiger partial charge on any atom is -0.508 e. The molecule has 4 N–H and O–H groups in total. The highest BCUT2D eigenvalue weighted by Crippen LogP contribution is 2.46. The van der Waals surface area contributed by atoms with E-state index in [1.165, 1.54) is 12.1 Å². The second kappa shape index (κ2) is 14.1. The summed E-state index contributed by atoms with van der Waals surface area (Å²) in [6, 6.07) is 30.3. The van der Waals surface area contributed by atoms with Gasteiger partial charge in [0, 0.05) is 30.6 Å². The summed E-state index contributed by atoms with van der Waals surface area (Å²) in [5, 5.41) is 41.9. The maximum atomic E-state index is 13.3. The van der Waals surface area contributed by atoms with Crippen molar-refractivity contribution in [3.05, 3.63) is 120 Å². The van der Waals surface area contributed by atoms with Crippen LogP contribution in [-0.4, -0.2) is 45.8 Å². The van der Waals surface area contributed by atoms with Gasteiger partial charge in [-0.3, -0.25) is 0 Å². The van der Waals surface area contributed by atoms with E-state index in [1.54, 1.807) is 12.1 Å². The molecule has 2 heterocycles. The van der Waals surface area contributed by atoms with Crippen molar-refractivity contribution in [1.82, 2.24) is 0 Å². The first-order valence-corrected chi connectivity index (χ1v) is 16.0. The molecular weight excluding hydrogens is 569 g/mol. The highest BCUT2D eigenvalue weighted by Gasteiger charge is 2.37. The summed E-state index contributed by atoms with van der Waals surface area (Å²) < 4.78 is 19.3. The number of phenols is 1. The van der Waals surface area contributed by atoms with Crippen LogP contribution in [0.4, 0.5) is 10.1 Å². The predicted octanol–water partition coefficient (Wildman–Crippen LogP) is 7.24. The number of benzene rings is 4. The molecule has 6 atom stereocenters. The normalized spacial score (nSPS) is 24.1. The number of halogens is 1. The van der Waals surface area contributed by atoms with E-state index in [0.717, 1.165) is 59.3 Å². The Kier molecular flexibility index (Phi) is 9.81. The maximum absolute atomic E-state index is 13.3. The second-order valence-corrected chi connectivity index (χ2v) is 12.5. The third kappa shape index (κ3) is 7.23. The van der Waals surface area contributed by atoms with Crippen LogP contribution < -0.4 is 4.90 Å². The molecule has 0 bridgehead atoms. The molecule has 6 unspecified atom stereocenters. The fraction of sp³-hybridized carbons (Fsp3) is 0.368. The van der Waals surface area contributed by atoms with Gasteiger partial charge in [-0.05, 0) is 77.8 Å². The molecule has 0 radical (unpaired) electrons. The van der Waals surface area contributed by atoms with E-state index in [1.807, 2.05) is 54.6 Å². The van der Waals surface area contributed by atoms with Crippen molar-refractivity contribution >= 4 is 5.69 Å². The Bertz CT molecular complexity index is 1530. The van der Waals surface area contributed by atoms with Crippen molar-refractivity contribution in [1.29, 1.82) is 0 Å². The number of aliphatic hydroxyl groups excluding tert-OH is 3. The van der Waals surface area contributed by atoms with E-state index < -0.39 is 12.2 Å². The Morgan fingerprint density at radius 2 is 1.62 bits per heavy atom. The molecule has 236 valence electrons. The van der Waals surface area contributed by atoms with Crippen LogP contribution in [0.1, 0.15) is 73.5 Å². The van der Waals surface area contributed by atoms with Crippen LogP contribution >= 0.6 is 0 Å². The van der Waals surface area contributed by atoms with Crippen LogP contribution in [0.15, 0.2) is 97.1 Å². The number of ether oxygens (including phenoxy) is 1. The fourth-order valence-corrected chi connectivity index (χ4v) is 7.10. The lowest BCUT2D eigenvalue weighted by Crippen LogP contribution is -2.33. The first-order valence-electron chi connectivity index (χ1n) is 16.0. The molecule has 4 aromatic rings. The lowest BCUT2D eigenvalue weighted by Gasteiger charge is -2.32. The molecule has 2 fully saturated rings. The molecule has 2 aliphatic heterocycles. The number of rotatable bonds is 10. The molecule has 4 aromatic carbocycles. The standard InChI is InChI=1S/C38H42FNO5/c39-30-16-13-26(14-17-30)35(43)8-4-5-28-19-20-40(31-6-2-1-3-7-31)38(28)34-18-15-29(21-36(34)44)25-9-11-27(12-10-25)37-23-32(42)22-33(24-41)45-37/h1-3,6-7,9-18,21,28,32-33,35,37-38,41-44H,4-5,8,19-20,22-24H2. The average Bonchev–Trinajstić information content (AvgIpc) is 3.48. The number of hydrogen-bond donors (Lipinski definition) is 4. The van der Waals surface area contributed by atoms with E-state index in [9.17, 15) is 24.8 Å². The highest BCUT2D eigenvalue weighted by atomic mass is 19.1. The largest absolute Gasteiger partial charge is 0.508 e. The highest BCUT2D eigenvalue weighted by molar-refractivity contribution is 5.67. The Morgan fingerprint density at radius 3 is 2.33 bits per heavy atom. The molecular formula is C38H42FNO5. The van der Waals surface area contributed by atoms with Crippen molar-refractivity contribution in [3.8, 4) is 16.9 Å². The molecule has 6 nitrogen and oxygen atoms in total. The zero-order valence-corrected chi connectivity index (χ0v) is 25.4. The van der Waals surface area contributed by atoms with Gasteiger partial charge < -0.3 is 30.1 Å². The maximum Gasteiger partial charge on any atom is 0.123 e. The smallest absolute Gasteiger partial charge is 0.123 e. The average molecular weight is 612 g/mol. The van der Waals surface area contributed by atoms with Crippen molar-refractivity contribution in [2.24, 2.45) is 5.92 Å². The predicted molar refractivity (Wildman–Crippen MR) is 173 cm³/mol. The van der Waals surface area contributed by atoms with Crippen molar-refractivity contribution < 1.29 is 29.6 Å². The molecule has 0 saturated carbocycles. The summed E-state index contributed by atoms with van der Waals surface area (Å²) in [5.41, 5.74) is 5.56. The van der Waals surface area contributed by atoms with Crippen LogP contribution in [0.5, 0.6) is 5.75 Å². The zero-order chi connectivity index (χ0) is 31.3. The molecule has 0 amide bonds. The minimum atomic E-state index is -0.638. The Hall–Kier alpha value is -3.75. The molecule has 6 rings (SSSR count). The van der Waals surface area contributed by atoms with Gasteiger partial charge in [-0.2, -0.15) is 0 Å². The minimum absolute atomic E-state index is 0.0128. The molecule has 2 aliphatic rings. The number of para-hydroxylation sites is 1. The first kappa shape index (κ1) is 31.2. The molecule has 45 heavy (non-hydrogen) atoms. The van der Waals surface area contributed by atoms with E-state index in [2.05, 4.69) is 23.1 Å². The monoisotopic (exact) mass is 611 g/mol. The van der Waals surface area contributed by atoms with Gasteiger partial charge in [0.15, 0.2) is 0 Å². The zero-order valence-electron chi connectivity index (χ0n) is 25.4. The number of anilines is 1. The third-order valence-corrected chi connectivity index (χ3v) is 9.46. The molecule has 0 aromatic heterocycles. The number of hydrogen-bond acceptors (Lipinski definition) is 6. The fourth-order valence-electron chi connectivity index (χ4n) is 7.10. The third-order valence-electron chi connectivity index (χ3n) is 9.46. The molecule has 0 spiro atoms. The quantitative estimate of drug-likeness (QED) is 0.151. The van der Waals surface area contributed by atoms with Crippen LogP contribution in [0, 0.1) is 11.7 Å². The summed E-state index contributed by atoms with van der Waals surface area (Å²) in [6.45, 7) is 0.760. The van der Waals surface area contributed by atoms with Gasteiger partial charge in [0.05, 0.1) is 37.1 Å². The van der Waals surface area contributed by atoms with E-state index in [0.29, 0.717) is 19.3 Å². The number of aliphatic hydroxyl groups is 3. The van der Waals surface area contributed by atoms with E-state index in [-0.39, 0.29) is 42.3 Å². The summed E-state index contributed by atoms with van der Waals surface area (Å²) in [6.07, 6.45) is 2.44. The van der Waals surface area contributed by atoms with E-state index >= 15 is 0 Å². The summed E-state index contributed by atoms with van der Waals surface area (Å²) in [5.74, 6) is 0.232. The van der Waals surface area contributed by atoms with Crippen LogP contribution in [0.2, 0.25) is 0 Å². The van der Waals surface area contributed by atoms with Gasteiger partial charge in [0.1, 0.15) is 11.6 Å². The van der Waals surface area contributed by atoms with Crippen molar-refractivity contribution in [2.75, 3.05) is 18.1 Å². The lowest BCUT2D eigenvalue weighted by atomic mass is 9.87.